The Hall–Kier alpha value is -3.80. The Kier molecular flexibility index (Phi) is 8.34. The van der Waals surface area contributed by atoms with Gasteiger partial charge < -0.3 is 10.1 Å². The molecule has 0 aliphatic carbocycles. The van der Waals surface area contributed by atoms with Crippen molar-refractivity contribution in [2.45, 2.75) is 38.3 Å². The summed E-state index contributed by atoms with van der Waals surface area (Å²) in [5.74, 6) is -0.661. The molecule has 1 aliphatic heterocycles. The number of ether oxygens (including phenoxy) is 2. The highest BCUT2D eigenvalue weighted by molar-refractivity contribution is 5.85. The quantitative estimate of drug-likeness (QED) is 0.329. The van der Waals surface area contributed by atoms with E-state index in [-0.39, 0.29) is 35.7 Å². The Bertz CT molecular complexity index is 1480. The fraction of sp³-hybridized carbons (Fsp3) is 0.375. The van der Waals surface area contributed by atoms with Gasteiger partial charge in [0.2, 0.25) is 5.88 Å². The van der Waals surface area contributed by atoms with Crippen LogP contribution in [0.4, 0.5) is 17.6 Å². The molecule has 0 spiro atoms. The summed E-state index contributed by atoms with van der Waals surface area (Å²) in [7, 11) is 0. The summed E-state index contributed by atoms with van der Waals surface area (Å²) < 4.78 is 65.4. The number of aromatic nitrogens is 6. The van der Waals surface area contributed by atoms with Crippen LogP contribution < -0.4 is 10.1 Å². The van der Waals surface area contributed by atoms with Crippen molar-refractivity contribution in [2.75, 3.05) is 19.7 Å². The summed E-state index contributed by atoms with van der Waals surface area (Å²) in [6.45, 7) is 2.66. The SMILES string of the molecule is Cc1c(-c2cc(OC(COC(F)(F)F)c3ccc(F)cn3)n3c(C#N)cnc3c2)nnn1C1CCNCC1.Cl. The van der Waals surface area contributed by atoms with E-state index in [9.17, 15) is 22.8 Å². The van der Waals surface area contributed by atoms with Crippen molar-refractivity contribution in [1.29, 1.82) is 5.26 Å². The van der Waals surface area contributed by atoms with E-state index in [0.29, 0.717) is 16.9 Å². The second-order valence-electron chi connectivity index (χ2n) is 8.74. The zero-order valence-electron chi connectivity index (χ0n) is 20.5. The number of hydrogen-bond acceptors (Lipinski definition) is 8. The third-order valence-electron chi connectivity index (χ3n) is 6.28. The highest BCUT2D eigenvalue weighted by Gasteiger charge is 2.32. The molecular formula is C24H23ClF4N8O2. The monoisotopic (exact) mass is 566 g/mol. The molecule has 206 valence electrons. The average Bonchev–Trinajstić information content (AvgIpc) is 3.50. The standard InChI is InChI=1S/C24H22F4N8O2.ClH/c1-14-23(33-34-36(14)17-4-6-30-7-5-17)15-8-21-32-12-18(10-29)35(21)22(9-15)38-20(13-37-24(26,27)28)19-3-2-16(25)11-31-19;/h2-3,8-9,11-12,17,20,30H,4-7,13H2,1H3;1H. The van der Waals surface area contributed by atoms with Crippen LogP contribution in [-0.2, 0) is 4.74 Å². The van der Waals surface area contributed by atoms with Gasteiger partial charge in [0.15, 0.2) is 6.10 Å². The molecule has 15 heteroatoms. The maximum absolute atomic E-state index is 13.5. The normalized spacial score (nSPS) is 15.1. The highest BCUT2D eigenvalue weighted by atomic mass is 35.5. The van der Waals surface area contributed by atoms with Crippen LogP contribution in [0.2, 0.25) is 0 Å². The molecule has 0 bridgehead atoms. The maximum atomic E-state index is 13.5. The van der Waals surface area contributed by atoms with Crippen molar-refractivity contribution in [3.8, 4) is 23.2 Å². The van der Waals surface area contributed by atoms with Gasteiger partial charge in [-0.05, 0) is 51.1 Å². The van der Waals surface area contributed by atoms with E-state index in [0.717, 1.165) is 43.9 Å². The van der Waals surface area contributed by atoms with E-state index >= 15 is 0 Å². The van der Waals surface area contributed by atoms with Gasteiger partial charge in [0.1, 0.15) is 28.9 Å². The number of halogens is 5. The van der Waals surface area contributed by atoms with Gasteiger partial charge in [-0.1, -0.05) is 5.21 Å². The first-order valence-electron chi connectivity index (χ1n) is 11.8. The number of nitrogens with one attached hydrogen (secondary N) is 1. The van der Waals surface area contributed by atoms with Crippen molar-refractivity contribution in [3.63, 3.8) is 0 Å². The summed E-state index contributed by atoms with van der Waals surface area (Å²) in [5, 5.41) is 21.6. The molecule has 1 aliphatic rings. The first-order chi connectivity index (χ1) is 18.2. The molecule has 39 heavy (non-hydrogen) atoms. The molecule has 0 saturated carbocycles. The van der Waals surface area contributed by atoms with Gasteiger partial charge in [0.25, 0.3) is 0 Å². The number of imidazole rings is 1. The average molecular weight is 567 g/mol. The number of fused-ring (bicyclic) bond motifs is 1. The third-order valence-corrected chi connectivity index (χ3v) is 6.28. The molecule has 5 rings (SSSR count). The number of alkyl halides is 3. The number of rotatable bonds is 7. The van der Waals surface area contributed by atoms with Gasteiger partial charge in [-0.15, -0.1) is 30.7 Å². The van der Waals surface area contributed by atoms with Crippen LogP contribution in [0, 0.1) is 24.1 Å². The first kappa shape index (κ1) is 28.2. The number of nitrogens with zero attached hydrogens (tertiary/aromatic N) is 7. The summed E-state index contributed by atoms with van der Waals surface area (Å²) in [6, 6.07) is 7.66. The van der Waals surface area contributed by atoms with E-state index in [1.165, 1.54) is 16.7 Å². The molecule has 1 N–H and O–H groups in total. The largest absolute Gasteiger partial charge is 0.522 e. The molecule has 4 aromatic heterocycles. The van der Waals surface area contributed by atoms with Crippen molar-refractivity contribution < 1.29 is 27.0 Å². The molecule has 4 aromatic rings. The zero-order chi connectivity index (χ0) is 26.9. The molecule has 5 heterocycles. The lowest BCUT2D eigenvalue weighted by Gasteiger charge is -2.23. The number of pyridine rings is 2. The van der Waals surface area contributed by atoms with Gasteiger partial charge in [-0.2, -0.15) is 5.26 Å². The minimum Gasteiger partial charge on any atom is -0.466 e. The predicted octanol–water partition coefficient (Wildman–Crippen LogP) is 4.31. The lowest BCUT2D eigenvalue weighted by atomic mass is 10.1. The van der Waals surface area contributed by atoms with Gasteiger partial charge in [0.05, 0.1) is 36.4 Å². The van der Waals surface area contributed by atoms with Crippen molar-refractivity contribution >= 4 is 18.1 Å². The molecule has 0 radical (unpaired) electrons. The Balaban J connectivity index is 0.00000353. The number of nitriles is 1. The Morgan fingerprint density at radius 1 is 1.18 bits per heavy atom. The predicted molar refractivity (Wildman–Crippen MR) is 132 cm³/mol. The molecule has 1 saturated heterocycles. The number of piperidine rings is 1. The van der Waals surface area contributed by atoms with E-state index in [1.807, 2.05) is 17.7 Å². The van der Waals surface area contributed by atoms with Gasteiger partial charge in [-0.3, -0.25) is 14.1 Å². The minimum absolute atomic E-state index is 0. The van der Waals surface area contributed by atoms with Gasteiger partial charge in [-0.25, -0.2) is 14.1 Å². The topological polar surface area (TPSA) is 115 Å². The van der Waals surface area contributed by atoms with Crippen molar-refractivity contribution in [3.05, 3.63) is 59.6 Å². The fourth-order valence-electron chi connectivity index (χ4n) is 4.46. The molecule has 10 nitrogen and oxygen atoms in total. The second kappa shape index (κ2) is 11.5. The molecule has 1 unspecified atom stereocenters. The fourth-order valence-corrected chi connectivity index (χ4v) is 4.46. The van der Waals surface area contributed by atoms with Crippen LogP contribution in [0.1, 0.15) is 42.1 Å². The molecule has 0 amide bonds. The van der Waals surface area contributed by atoms with Gasteiger partial charge in [0, 0.05) is 11.6 Å². The van der Waals surface area contributed by atoms with E-state index in [1.54, 1.807) is 12.1 Å². The summed E-state index contributed by atoms with van der Waals surface area (Å²) in [6.07, 6.45) is -2.34. The molecular weight excluding hydrogens is 544 g/mol. The summed E-state index contributed by atoms with van der Waals surface area (Å²) in [4.78, 5) is 8.13. The lowest BCUT2D eigenvalue weighted by Crippen LogP contribution is -2.30. The van der Waals surface area contributed by atoms with Crippen LogP contribution in [0.3, 0.4) is 0 Å². The first-order valence-corrected chi connectivity index (χ1v) is 11.8. The lowest BCUT2D eigenvalue weighted by molar-refractivity contribution is -0.330. The van der Waals surface area contributed by atoms with E-state index in [4.69, 9.17) is 4.74 Å². The maximum Gasteiger partial charge on any atom is 0.522 e. The minimum atomic E-state index is -4.93. The molecule has 0 aromatic carbocycles. The second-order valence-corrected chi connectivity index (χ2v) is 8.74. The summed E-state index contributed by atoms with van der Waals surface area (Å²) >= 11 is 0. The van der Waals surface area contributed by atoms with Crippen molar-refractivity contribution in [1.82, 2.24) is 34.7 Å². The van der Waals surface area contributed by atoms with Crippen molar-refractivity contribution in [2.24, 2.45) is 0 Å². The summed E-state index contributed by atoms with van der Waals surface area (Å²) in [5.41, 5.74) is 2.30. The van der Waals surface area contributed by atoms with Crippen LogP contribution in [0.5, 0.6) is 5.88 Å². The van der Waals surface area contributed by atoms with Crippen LogP contribution >= 0.6 is 12.4 Å². The van der Waals surface area contributed by atoms with E-state index in [2.05, 4.69) is 30.3 Å². The highest BCUT2D eigenvalue weighted by Crippen LogP contribution is 2.33. The van der Waals surface area contributed by atoms with E-state index < -0.39 is 24.9 Å². The third kappa shape index (κ3) is 6.11. The number of hydrogen-bond donors (Lipinski definition) is 1. The van der Waals surface area contributed by atoms with Crippen LogP contribution in [0.15, 0.2) is 36.7 Å². The molecule has 1 fully saturated rings. The molecule has 1 atom stereocenters. The Labute approximate surface area is 226 Å². The Morgan fingerprint density at radius 2 is 1.95 bits per heavy atom. The van der Waals surface area contributed by atoms with Crippen LogP contribution in [0.25, 0.3) is 16.9 Å². The van der Waals surface area contributed by atoms with Crippen LogP contribution in [-0.4, -0.2) is 55.4 Å². The van der Waals surface area contributed by atoms with Gasteiger partial charge >= 0.3 is 6.36 Å². The zero-order valence-corrected chi connectivity index (χ0v) is 21.3. The Morgan fingerprint density at radius 3 is 2.62 bits per heavy atom. The smallest absolute Gasteiger partial charge is 0.466 e.